The van der Waals surface area contributed by atoms with Gasteiger partial charge >= 0.3 is 5.97 Å². The maximum atomic E-state index is 12.6. The van der Waals surface area contributed by atoms with Crippen molar-refractivity contribution in [3.05, 3.63) is 59.0 Å². The molecule has 3 N–H and O–H groups in total. The second-order valence-electron chi connectivity index (χ2n) is 5.26. The van der Waals surface area contributed by atoms with Gasteiger partial charge in [-0.1, -0.05) is 29.8 Å². The average molecular weight is 643 g/mol. The Balaban J connectivity index is 1.83. The van der Waals surface area contributed by atoms with Gasteiger partial charge in [0.1, 0.15) is 4.88 Å². The van der Waals surface area contributed by atoms with Crippen molar-refractivity contribution in [2.45, 2.75) is 0 Å². The minimum atomic E-state index is -1.09. The minimum absolute atomic E-state index is 0.00449. The molecule has 0 bridgehead atoms. The standard InChI is InChI=1S/C17H9ClI2N2O3S2/c18-12-8-3-1-2-4-11(8)27-14(12)15(23)22-17(26)21-13-9(16(24)25)5-7(19)6-10(13)20/h1-6H,(H,24,25)(H2,21,22,23,26). The van der Waals surface area contributed by atoms with E-state index in [0.29, 0.717) is 19.2 Å². The van der Waals surface area contributed by atoms with Crippen molar-refractivity contribution < 1.29 is 14.7 Å². The molecule has 5 nitrogen and oxygen atoms in total. The van der Waals surface area contributed by atoms with Crippen molar-refractivity contribution in [1.29, 1.82) is 0 Å². The third kappa shape index (κ3) is 4.53. The van der Waals surface area contributed by atoms with Gasteiger partial charge in [0.05, 0.1) is 16.3 Å². The predicted molar refractivity (Wildman–Crippen MR) is 129 cm³/mol. The molecule has 1 heterocycles. The van der Waals surface area contributed by atoms with Crippen LogP contribution in [0.2, 0.25) is 5.02 Å². The van der Waals surface area contributed by atoms with Gasteiger partial charge in [-0.25, -0.2) is 4.79 Å². The Morgan fingerprint density at radius 2 is 1.89 bits per heavy atom. The maximum absolute atomic E-state index is 12.6. The number of carbonyl (C=O) groups excluding carboxylic acids is 1. The Labute approximate surface area is 195 Å². The second-order valence-corrected chi connectivity index (χ2v) is 9.51. The first-order chi connectivity index (χ1) is 12.8. The van der Waals surface area contributed by atoms with Gasteiger partial charge in [-0.15, -0.1) is 11.3 Å². The second kappa shape index (κ2) is 8.55. The molecule has 0 fully saturated rings. The van der Waals surface area contributed by atoms with Crippen LogP contribution in [0.4, 0.5) is 5.69 Å². The molecule has 27 heavy (non-hydrogen) atoms. The highest BCUT2D eigenvalue weighted by Gasteiger charge is 2.20. The molecule has 3 rings (SSSR count). The SMILES string of the molecule is O=C(O)c1cc(I)cc(I)c1NC(=S)NC(=O)c1sc2ccccc2c1Cl. The lowest BCUT2D eigenvalue weighted by Crippen LogP contribution is -2.34. The molecule has 0 aliphatic carbocycles. The first-order valence-electron chi connectivity index (χ1n) is 7.29. The summed E-state index contributed by atoms with van der Waals surface area (Å²) in [4.78, 5) is 24.4. The lowest BCUT2D eigenvalue weighted by atomic mass is 10.2. The van der Waals surface area contributed by atoms with Crippen LogP contribution >= 0.6 is 80.3 Å². The number of hydrogen-bond donors (Lipinski definition) is 3. The smallest absolute Gasteiger partial charge is 0.337 e. The third-order valence-corrected chi connectivity index (χ3v) is 6.84. The van der Waals surface area contributed by atoms with E-state index in [4.69, 9.17) is 23.8 Å². The number of carbonyl (C=O) groups is 2. The number of nitrogens with one attached hydrogen (secondary N) is 2. The van der Waals surface area contributed by atoms with Crippen LogP contribution in [0, 0.1) is 7.14 Å². The van der Waals surface area contributed by atoms with E-state index in [0.717, 1.165) is 13.7 Å². The number of halogens is 3. The number of carboxylic acids is 1. The van der Waals surface area contributed by atoms with Gasteiger partial charge in [0.25, 0.3) is 5.91 Å². The maximum Gasteiger partial charge on any atom is 0.337 e. The molecule has 0 radical (unpaired) electrons. The van der Waals surface area contributed by atoms with E-state index in [2.05, 4.69) is 10.6 Å². The largest absolute Gasteiger partial charge is 0.478 e. The molecular formula is C17H9ClI2N2O3S2. The Kier molecular flexibility index (Phi) is 6.56. The van der Waals surface area contributed by atoms with E-state index in [9.17, 15) is 14.7 Å². The van der Waals surface area contributed by atoms with E-state index in [1.807, 2.05) is 75.5 Å². The van der Waals surface area contributed by atoms with Gasteiger partial charge in [0.2, 0.25) is 0 Å². The number of amides is 1. The number of carboxylic acid groups (broad SMARTS) is 1. The third-order valence-electron chi connectivity index (χ3n) is 3.49. The number of aromatic carboxylic acids is 1. The fourth-order valence-corrected chi connectivity index (χ4v) is 5.92. The molecule has 2 aromatic carbocycles. The lowest BCUT2D eigenvalue weighted by Gasteiger charge is -2.13. The van der Waals surface area contributed by atoms with Crippen LogP contribution in [0.15, 0.2) is 36.4 Å². The van der Waals surface area contributed by atoms with Crippen LogP contribution in [-0.4, -0.2) is 22.1 Å². The number of fused-ring (bicyclic) bond motifs is 1. The van der Waals surface area contributed by atoms with E-state index in [-0.39, 0.29) is 10.7 Å². The zero-order chi connectivity index (χ0) is 19.7. The summed E-state index contributed by atoms with van der Waals surface area (Å²) in [7, 11) is 0. The molecule has 3 aromatic rings. The van der Waals surface area contributed by atoms with Crippen molar-refractivity contribution in [2.24, 2.45) is 0 Å². The van der Waals surface area contributed by atoms with Crippen LogP contribution in [0.5, 0.6) is 0 Å². The number of benzene rings is 2. The molecule has 0 saturated carbocycles. The quantitative estimate of drug-likeness (QED) is 0.257. The van der Waals surface area contributed by atoms with Gasteiger partial charge < -0.3 is 10.4 Å². The zero-order valence-electron chi connectivity index (χ0n) is 13.2. The molecule has 0 spiro atoms. The monoisotopic (exact) mass is 642 g/mol. The highest BCUT2D eigenvalue weighted by molar-refractivity contribution is 14.1. The van der Waals surface area contributed by atoms with E-state index in [1.54, 1.807) is 0 Å². The first kappa shape index (κ1) is 20.7. The summed E-state index contributed by atoms with van der Waals surface area (Å²) in [6.07, 6.45) is 0. The number of thiophene rings is 1. The van der Waals surface area contributed by atoms with Crippen LogP contribution in [0.25, 0.3) is 10.1 Å². The normalized spacial score (nSPS) is 10.6. The summed E-state index contributed by atoms with van der Waals surface area (Å²) < 4.78 is 2.35. The molecule has 0 unspecified atom stereocenters. The summed E-state index contributed by atoms with van der Waals surface area (Å²) in [5.74, 6) is -1.54. The van der Waals surface area contributed by atoms with Gasteiger partial charge in [0.15, 0.2) is 5.11 Å². The van der Waals surface area contributed by atoms with Gasteiger partial charge in [-0.3, -0.25) is 10.1 Å². The molecule has 0 saturated heterocycles. The van der Waals surface area contributed by atoms with E-state index < -0.39 is 11.9 Å². The summed E-state index contributed by atoms with van der Waals surface area (Å²) in [5.41, 5.74) is 0.402. The van der Waals surface area contributed by atoms with Gasteiger partial charge in [-0.2, -0.15) is 0 Å². The number of anilines is 1. The predicted octanol–water partition coefficient (Wildman–Crippen LogP) is 5.59. The molecule has 138 valence electrons. The van der Waals surface area contributed by atoms with E-state index in [1.165, 1.54) is 17.4 Å². The highest BCUT2D eigenvalue weighted by Crippen LogP contribution is 2.35. The molecule has 1 amide bonds. The minimum Gasteiger partial charge on any atom is -0.478 e. The lowest BCUT2D eigenvalue weighted by molar-refractivity contribution is 0.0697. The molecule has 0 aliphatic heterocycles. The molecule has 10 heteroatoms. The summed E-state index contributed by atoms with van der Waals surface area (Å²) in [6.45, 7) is 0. The van der Waals surface area contributed by atoms with E-state index >= 15 is 0 Å². The van der Waals surface area contributed by atoms with Gasteiger partial charge in [-0.05, 0) is 75.6 Å². The fraction of sp³-hybridized carbons (Fsp3) is 0. The Hall–Kier alpha value is -1.02. The number of rotatable bonds is 3. The summed E-state index contributed by atoms with van der Waals surface area (Å²) >= 11 is 16.8. The van der Waals surface area contributed by atoms with Crippen LogP contribution in [0.1, 0.15) is 20.0 Å². The molecule has 1 aromatic heterocycles. The van der Waals surface area contributed by atoms with Gasteiger partial charge in [0, 0.05) is 17.2 Å². The molecule has 0 atom stereocenters. The van der Waals surface area contributed by atoms with Crippen molar-refractivity contribution >= 4 is 113 Å². The van der Waals surface area contributed by atoms with Crippen molar-refractivity contribution in [3.8, 4) is 0 Å². The van der Waals surface area contributed by atoms with Crippen LogP contribution < -0.4 is 10.6 Å². The Morgan fingerprint density at radius 3 is 2.56 bits per heavy atom. The molecule has 0 aliphatic rings. The zero-order valence-corrected chi connectivity index (χ0v) is 19.9. The van der Waals surface area contributed by atoms with Crippen LogP contribution in [0.3, 0.4) is 0 Å². The van der Waals surface area contributed by atoms with Crippen LogP contribution in [-0.2, 0) is 0 Å². The average Bonchev–Trinajstić information content (AvgIpc) is 2.94. The van der Waals surface area contributed by atoms with Crippen molar-refractivity contribution in [3.63, 3.8) is 0 Å². The Bertz CT molecular complexity index is 1100. The topological polar surface area (TPSA) is 78.4 Å². The summed E-state index contributed by atoms with van der Waals surface area (Å²) in [6, 6.07) is 10.8. The first-order valence-corrected chi connectivity index (χ1v) is 11.1. The molecular weight excluding hydrogens is 634 g/mol. The Morgan fingerprint density at radius 1 is 1.19 bits per heavy atom. The fourth-order valence-electron chi connectivity index (χ4n) is 2.33. The van der Waals surface area contributed by atoms with Crippen molar-refractivity contribution in [2.75, 3.05) is 5.32 Å². The number of hydrogen-bond acceptors (Lipinski definition) is 4. The van der Waals surface area contributed by atoms with Crippen molar-refractivity contribution in [1.82, 2.24) is 5.32 Å². The highest BCUT2D eigenvalue weighted by atomic mass is 127. The summed E-state index contributed by atoms with van der Waals surface area (Å²) in [5, 5.41) is 15.9. The number of thiocarbonyl (C=S) groups is 1.